The molecular weight excluding hydrogens is 396 g/mol. The molecule has 0 aliphatic carbocycles. The van der Waals surface area contributed by atoms with Crippen molar-refractivity contribution in [2.75, 3.05) is 33.2 Å². The standard InChI is InChI=1S/C22H36N6O3/c1-5-6-12-27-20-19(21(30)24-22(27)31)28(15-16(2)3)17(23-20)8-9-18(29)26-11-7-10-25(4)13-14-26/h16H,5-15H2,1-4H3,(H,24,30,31). The van der Waals surface area contributed by atoms with Gasteiger partial charge in [0.05, 0.1) is 0 Å². The first-order chi connectivity index (χ1) is 14.8. The molecule has 31 heavy (non-hydrogen) atoms. The van der Waals surface area contributed by atoms with E-state index in [-0.39, 0.29) is 5.91 Å². The molecule has 0 atom stereocenters. The fourth-order valence-electron chi connectivity index (χ4n) is 4.17. The summed E-state index contributed by atoms with van der Waals surface area (Å²) in [5.74, 6) is 1.12. The van der Waals surface area contributed by atoms with Crippen molar-refractivity contribution < 1.29 is 4.79 Å². The third kappa shape index (κ3) is 5.44. The number of fused-ring (bicyclic) bond motifs is 1. The van der Waals surface area contributed by atoms with Crippen molar-refractivity contribution in [1.82, 2.24) is 28.9 Å². The third-order valence-electron chi connectivity index (χ3n) is 5.88. The maximum absolute atomic E-state index is 12.9. The largest absolute Gasteiger partial charge is 0.341 e. The molecule has 9 heteroatoms. The van der Waals surface area contributed by atoms with E-state index in [2.05, 4.69) is 37.7 Å². The first-order valence-corrected chi connectivity index (χ1v) is 11.5. The lowest BCUT2D eigenvalue weighted by atomic mass is 10.2. The van der Waals surface area contributed by atoms with Crippen LogP contribution in [-0.2, 0) is 24.3 Å². The molecule has 0 spiro atoms. The third-order valence-corrected chi connectivity index (χ3v) is 5.88. The van der Waals surface area contributed by atoms with Crippen LogP contribution in [-0.4, -0.2) is 68.0 Å². The minimum absolute atomic E-state index is 0.121. The van der Waals surface area contributed by atoms with Gasteiger partial charge in [0.1, 0.15) is 5.82 Å². The molecule has 2 aromatic rings. The lowest BCUT2D eigenvalue weighted by Crippen LogP contribution is -2.34. The van der Waals surface area contributed by atoms with E-state index >= 15 is 0 Å². The van der Waals surface area contributed by atoms with Gasteiger partial charge in [-0.15, -0.1) is 0 Å². The zero-order chi connectivity index (χ0) is 22.5. The summed E-state index contributed by atoms with van der Waals surface area (Å²) >= 11 is 0. The van der Waals surface area contributed by atoms with Gasteiger partial charge in [-0.05, 0) is 32.4 Å². The topological polar surface area (TPSA) is 96.2 Å². The number of aromatic amines is 1. The number of hydrogen-bond donors (Lipinski definition) is 1. The van der Waals surface area contributed by atoms with E-state index in [4.69, 9.17) is 4.98 Å². The summed E-state index contributed by atoms with van der Waals surface area (Å²) in [6.45, 7) is 10.8. The number of nitrogens with one attached hydrogen (secondary N) is 1. The van der Waals surface area contributed by atoms with Crippen molar-refractivity contribution in [3.63, 3.8) is 0 Å². The van der Waals surface area contributed by atoms with Crippen LogP contribution in [0, 0.1) is 5.92 Å². The molecule has 1 saturated heterocycles. The molecule has 0 saturated carbocycles. The average Bonchev–Trinajstić information content (AvgIpc) is 2.90. The van der Waals surface area contributed by atoms with Gasteiger partial charge in [-0.1, -0.05) is 27.2 Å². The maximum Gasteiger partial charge on any atom is 0.330 e. The van der Waals surface area contributed by atoms with Crippen LogP contribution in [0.4, 0.5) is 0 Å². The van der Waals surface area contributed by atoms with Crippen LogP contribution < -0.4 is 11.2 Å². The van der Waals surface area contributed by atoms with E-state index in [9.17, 15) is 14.4 Å². The number of unbranched alkanes of at least 4 members (excludes halogenated alkanes) is 1. The summed E-state index contributed by atoms with van der Waals surface area (Å²) < 4.78 is 3.47. The van der Waals surface area contributed by atoms with Gasteiger partial charge in [-0.25, -0.2) is 9.78 Å². The number of carbonyl (C=O) groups is 1. The second-order valence-corrected chi connectivity index (χ2v) is 9.01. The van der Waals surface area contributed by atoms with Crippen LogP contribution in [0.1, 0.15) is 52.3 Å². The quantitative estimate of drug-likeness (QED) is 0.681. The van der Waals surface area contributed by atoms with E-state index in [1.165, 1.54) is 0 Å². The maximum atomic E-state index is 12.9. The number of likely N-dealkylation sites (N-methyl/N-ethyl adjacent to an activating group) is 1. The van der Waals surface area contributed by atoms with Gasteiger partial charge < -0.3 is 14.4 Å². The Balaban J connectivity index is 1.91. The predicted octanol–water partition coefficient (Wildman–Crippen LogP) is 1.44. The Bertz CT molecular complexity index is 1020. The molecule has 2 aromatic heterocycles. The minimum Gasteiger partial charge on any atom is -0.341 e. The smallest absolute Gasteiger partial charge is 0.330 e. The molecule has 172 valence electrons. The first-order valence-electron chi connectivity index (χ1n) is 11.5. The number of nitrogens with zero attached hydrogens (tertiary/aromatic N) is 5. The van der Waals surface area contributed by atoms with Crippen molar-refractivity contribution in [1.29, 1.82) is 0 Å². The Morgan fingerprint density at radius 2 is 1.90 bits per heavy atom. The molecule has 1 amide bonds. The Hall–Kier alpha value is -2.42. The van der Waals surface area contributed by atoms with Gasteiger partial charge in [0, 0.05) is 45.6 Å². The second kappa shape index (κ2) is 10.3. The summed E-state index contributed by atoms with van der Waals surface area (Å²) in [6, 6.07) is 0. The Morgan fingerprint density at radius 3 is 2.61 bits per heavy atom. The monoisotopic (exact) mass is 432 g/mol. The molecule has 0 radical (unpaired) electrons. The van der Waals surface area contributed by atoms with Crippen LogP contribution in [0.5, 0.6) is 0 Å². The average molecular weight is 433 g/mol. The fourth-order valence-corrected chi connectivity index (χ4v) is 4.17. The second-order valence-electron chi connectivity index (χ2n) is 9.01. The van der Waals surface area contributed by atoms with Crippen molar-refractivity contribution in [3.05, 3.63) is 26.7 Å². The summed E-state index contributed by atoms with van der Waals surface area (Å²) in [7, 11) is 2.08. The summed E-state index contributed by atoms with van der Waals surface area (Å²) in [6.07, 6.45) is 3.55. The zero-order valence-corrected chi connectivity index (χ0v) is 19.3. The van der Waals surface area contributed by atoms with E-state index < -0.39 is 11.2 Å². The van der Waals surface area contributed by atoms with Crippen molar-refractivity contribution >= 4 is 17.1 Å². The normalized spacial score (nSPS) is 15.7. The molecule has 0 bridgehead atoms. The molecule has 1 aliphatic rings. The molecule has 0 aromatic carbocycles. The molecule has 3 rings (SSSR count). The van der Waals surface area contributed by atoms with E-state index in [1.54, 1.807) is 4.57 Å². The van der Waals surface area contributed by atoms with Crippen molar-refractivity contribution in [3.8, 4) is 0 Å². The number of rotatable bonds is 8. The zero-order valence-electron chi connectivity index (χ0n) is 19.3. The van der Waals surface area contributed by atoms with Gasteiger partial charge in [0.2, 0.25) is 5.91 Å². The van der Waals surface area contributed by atoms with E-state index in [0.29, 0.717) is 48.8 Å². The molecule has 1 N–H and O–H groups in total. The van der Waals surface area contributed by atoms with Crippen molar-refractivity contribution in [2.24, 2.45) is 5.92 Å². The molecular formula is C22H36N6O3. The number of imidazole rings is 1. The van der Waals surface area contributed by atoms with Crippen LogP contribution in [0.15, 0.2) is 9.59 Å². The molecule has 1 fully saturated rings. The lowest BCUT2D eigenvalue weighted by Gasteiger charge is -2.20. The molecule has 3 heterocycles. The highest BCUT2D eigenvalue weighted by Crippen LogP contribution is 2.17. The highest BCUT2D eigenvalue weighted by atomic mass is 16.2. The predicted molar refractivity (Wildman–Crippen MR) is 121 cm³/mol. The van der Waals surface area contributed by atoms with Gasteiger partial charge in [0.25, 0.3) is 5.56 Å². The Morgan fingerprint density at radius 1 is 1.13 bits per heavy atom. The van der Waals surface area contributed by atoms with E-state index in [1.807, 2.05) is 9.47 Å². The van der Waals surface area contributed by atoms with E-state index in [0.717, 1.165) is 45.4 Å². The van der Waals surface area contributed by atoms with Gasteiger partial charge >= 0.3 is 5.69 Å². The Labute approximate surface area is 183 Å². The highest BCUT2D eigenvalue weighted by molar-refractivity contribution is 5.77. The van der Waals surface area contributed by atoms with Crippen LogP contribution in [0.3, 0.4) is 0 Å². The van der Waals surface area contributed by atoms with Crippen LogP contribution >= 0.6 is 0 Å². The van der Waals surface area contributed by atoms with Crippen LogP contribution in [0.25, 0.3) is 11.2 Å². The summed E-state index contributed by atoms with van der Waals surface area (Å²) in [5, 5.41) is 0. The number of aryl methyl sites for hydroxylation is 2. The molecule has 9 nitrogen and oxygen atoms in total. The molecule has 0 unspecified atom stereocenters. The number of aromatic nitrogens is 4. The molecule has 1 aliphatic heterocycles. The van der Waals surface area contributed by atoms with Gasteiger partial charge in [-0.2, -0.15) is 0 Å². The highest BCUT2D eigenvalue weighted by Gasteiger charge is 2.22. The minimum atomic E-state index is -0.420. The summed E-state index contributed by atoms with van der Waals surface area (Å²) in [4.78, 5) is 49.3. The summed E-state index contributed by atoms with van der Waals surface area (Å²) in [5.41, 5.74) is 0.0374. The number of amides is 1. The number of H-pyrrole nitrogens is 1. The van der Waals surface area contributed by atoms with Crippen LogP contribution in [0.2, 0.25) is 0 Å². The fraction of sp³-hybridized carbons (Fsp3) is 0.727. The first kappa shape index (κ1) is 23.2. The lowest BCUT2D eigenvalue weighted by molar-refractivity contribution is -0.131. The number of carbonyl (C=O) groups excluding carboxylic acids is 1. The number of hydrogen-bond acceptors (Lipinski definition) is 5. The Kier molecular flexibility index (Phi) is 7.69. The van der Waals surface area contributed by atoms with Gasteiger partial charge in [-0.3, -0.25) is 19.1 Å². The van der Waals surface area contributed by atoms with Gasteiger partial charge in [0.15, 0.2) is 11.2 Å². The SMILES string of the molecule is CCCCn1c(=O)[nH]c(=O)c2c1nc(CCC(=O)N1CCCN(C)CC1)n2CC(C)C. The van der Waals surface area contributed by atoms with Crippen molar-refractivity contribution in [2.45, 2.75) is 66.0 Å².